The van der Waals surface area contributed by atoms with Gasteiger partial charge in [-0.2, -0.15) is 0 Å². The van der Waals surface area contributed by atoms with Crippen LogP contribution >= 0.6 is 21.6 Å². The van der Waals surface area contributed by atoms with Gasteiger partial charge in [-0.25, -0.2) is 0 Å². The quantitative estimate of drug-likeness (QED) is 0.0132. The zero-order chi connectivity index (χ0) is 78.0. The molecule has 2 aromatic rings. The molecule has 1 aliphatic rings. The lowest BCUT2D eigenvalue weighted by Gasteiger charge is -2.27. The van der Waals surface area contributed by atoms with Crippen molar-refractivity contribution in [2.75, 3.05) is 63.9 Å². The SMILES string of the molecule is C[C@@H]1NC(=O)C(CO)NC(=O)[C@H](CCCCN)NC(=O)C(CCCN=C(N)N)NC(=O)C(NC(=O)CNC(=O)[C@@H](NC(=O)[C@H](Cc2ccccc2)NC(=O)CNC(=O)CNC(=O)[C@@H](N)Cc2ccccc2)[C@@H](C)O)CSSC[C@@H](C(N)=O)NC(=O)C(CCCCN)NC(=O)[C@H](CCCN=C(N)N)NC1=O. The summed E-state index contributed by atoms with van der Waals surface area (Å²) in [5, 5.41) is 53.3. The number of primary amides is 1. The van der Waals surface area contributed by atoms with E-state index in [1.165, 1.54) is 6.92 Å². The fourth-order valence-corrected chi connectivity index (χ4v) is 12.2. The van der Waals surface area contributed by atoms with Crippen molar-refractivity contribution in [1.29, 1.82) is 0 Å². The molecule has 1 saturated heterocycles. The molecular formula is C64H103N23O16S2. The molecule has 0 aromatic heterocycles. The first-order chi connectivity index (χ1) is 50.0. The molecule has 0 bridgehead atoms. The smallest absolute Gasteiger partial charge is 0.245 e. The lowest BCUT2D eigenvalue weighted by molar-refractivity contribution is -0.136. The van der Waals surface area contributed by atoms with Crippen molar-refractivity contribution in [3.8, 4) is 0 Å². The van der Waals surface area contributed by atoms with Gasteiger partial charge < -0.3 is 125 Å². The second kappa shape index (κ2) is 48.9. The van der Waals surface area contributed by atoms with Gasteiger partial charge in [-0.1, -0.05) is 82.3 Å². The highest BCUT2D eigenvalue weighted by atomic mass is 33.1. The number of nitrogens with zero attached hydrogens (tertiary/aromatic N) is 2. The van der Waals surface area contributed by atoms with Gasteiger partial charge in [0.2, 0.25) is 82.7 Å². The highest BCUT2D eigenvalue weighted by Crippen LogP contribution is 2.24. The molecule has 2 aromatic carbocycles. The van der Waals surface area contributed by atoms with E-state index in [4.69, 9.17) is 45.9 Å². The average molecular weight is 1510 g/mol. The largest absolute Gasteiger partial charge is 0.394 e. The first kappa shape index (κ1) is 89.3. The van der Waals surface area contributed by atoms with Gasteiger partial charge in [-0.15, -0.1) is 0 Å². The van der Waals surface area contributed by atoms with Crippen LogP contribution in [0.3, 0.4) is 0 Å². The maximum atomic E-state index is 14.7. The molecule has 582 valence electrons. The summed E-state index contributed by atoms with van der Waals surface area (Å²) in [5.41, 5.74) is 46.8. The molecule has 0 radical (unpaired) electrons. The summed E-state index contributed by atoms with van der Waals surface area (Å²) >= 11 is 0. The van der Waals surface area contributed by atoms with Crippen LogP contribution < -0.4 is 115 Å². The minimum absolute atomic E-state index is 0.00317. The van der Waals surface area contributed by atoms with Crippen LogP contribution in [0.5, 0.6) is 0 Å². The maximum absolute atomic E-state index is 14.7. The molecule has 0 saturated carbocycles. The van der Waals surface area contributed by atoms with Crippen LogP contribution in [0.2, 0.25) is 0 Å². The van der Waals surface area contributed by atoms with Crippen molar-refractivity contribution in [2.45, 2.75) is 163 Å². The highest BCUT2D eigenvalue weighted by Gasteiger charge is 2.36. The molecule has 0 spiro atoms. The van der Waals surface area contributed by atoms with E-state index >= 15 is 0 Å². The molecular weight excluding hydrogens is 1410 g/mol. The third-order valence-corrected chi connectivity index (χ3v) is 18.1. The molecule has 105 heavy (non-hydrogen) atoms. The number of amides is 14. The number of benzene rings is 2. The van der Waals surface area contributed by atoms with E-state index in [1.54, 1.807) is 60.7 Å². The van der Waals surface area contributed by atoms with E-state index in [1.807, 2.05) is 0 Å². The summed E-state index contributed by atoms with van der Waals surface area (Å²) in [7, 11) is 1.72. The minimum atomic E-state index is -1.81. The van der Waals surface area contributed by atoms with E-state index in [2.05, 4.69) is 79.1 Å². The fourth-order valence-electron chi connectivity index (χ4n) is 9.90. The fraction of sp³-hybridized carbons (Fsp3) is 0.562. The number of aliphatic hydroxyl groups excluding tert-OH is 2. The first-order valence-electron chi connectivity index (χ1n) is 34.0. The number of aliphatic imine (C=N–C) groups is 2. The van der Waals surface area contributed by atoms with Gasteiger partial charge in [-0.05, 0) is 109 Å². The number of unbranched alkanes of at least 4 members (excludes halogenated alkanes) is 2. The number of nitrogens with one attached hydrogen (secondary N) is 13. The number of carbonyl (C=O) groups is 14. The van der Waals surface area contributed by atoms with Crippen molar-refractivity contribution in [3.05, 3.63) is 71.8 Å². The van der Waals surface area contributed by atoms with Crippen LogP contribution in [0.15, 0.2) is 70.6 Å². The number of nitrogens with two attached hydrogens (primary N) is 8. The van der Waals surface area contributed by atoms with Crippen molar-refractivity contribution >= 4 is 116 Å². The molecule has 1 aliphatic heterocycles. The van der Waals surface area contributed by atoms with Crippen LogP contribution in [-0.2, 0) is 80.0 Å². The Bertz CT molecular complexity index is 3260. The lowest BCUT2D eigenvalue weighted by atomic mass is 10.0. The van der Waals surface area contributed by atoms with E-state index in [0.29, 0.717) is 18.4 Å². The molecule has 41 heteroatoms. The second-order valence-electron chi connectivity index (χ2n) is 24.4. The zero-order valence-corrected chi connectivity index (χ0v) is 60.3. The van der Waals surface area contributed by atoms with Crippen molar-refractivity contribution in [3.63, 3.8) is 0 Å². The normalized spacial score (nSPS) is 20.8. The van der Waals surface area contributed by atoms with Crippen LogP contribution in [0.25, 0.3) is 0 Å². The topological polar surface area (TPSA) is 669 Å². The Hall–Kier alpha value is -9.94. The first-order valence-corrected chi connectivity index (χ1v) is 36.5. The summed E-state index contributed by atoms with van der Waals surface area (Å²) in [6.07, 6.45) is -0.834. The number of hydrogen-bond acceptors (Lipinski definition) is 23. The van der Waals surface area contributed by atoms with Gasteiger partial charge in [0.15, 0.2) is 11.9 Å². The molecule has 31 N–H and O–H groups in total. The predicted molar refractivity (Wildman–Crippen MR) is 391 cm³/mol. The Balaban J connectivity index is 2.00. The monoisotopic (exact) mass is 1510 g/mol. The Kier molecular flexibility index (Phi) is 41.6. The van der Waals surface area contributed by atoms with Gasteiger partial charge in [-0.3, -0.25) is 77.1 Å². The molecule has 14 amide bonds. The summed E-state index contributed by atoms with van der Waals surface area (Å²) in [4.78, 5) is 201. The Morgan fingerprint density at radius 3 is 1.45 bits per heavy atom. The minimum Gasteiger partial charge on any atom is -0.394 e. The summed E-state index contributed by atoms with van der Waals surface area (Å²) in [6.45, 7) is -0.543. The maximum Gasteiger partial charge on any atom is 0.245 e. The number of aliphatic hydroxyl groups is 2. The van der Waals surface area contributed by atoms with Gasteiger partial charge in [0.05, 0.1) is 38.4 Å². The Labute approximate surface area is 615 Å². The third kappa shape index (κ3) is 35.4. The van der Waals surface area contributed by atoms with Crippen molar-refractivity contribution < 1.29 is 77.3 Å². The van der Waals surface area contributed by atoms with Gasteiger partial charge in [0.25, 0.3) is 0 Å². The molecule has 4 unspecified atom stereocenters. The second-order valence-corrected chi connectivity index (χ2v) is 26.9. The summed E-state index contributed by atoms with van der Waals surface area (Å²) < 4.78 is 0. The van der Waals surface area contributed by atoms with Crippen LogP contribution in [0.4, 0.5) is 0 Å². The van der Waals surface area contributed by atoms with Gasteiger partial charge in [0.1, 0.15) is 60.4 Å². The van der Waals surface area contributed by atoms with Crippen molar-refractivity contribution in [1.82, 2.24) is 69.1 Å². The summed E-state index contributed by atoms with van der Waals surface area (Å²) in [5.74, 6) is -14.7. The summed E-state index contributed by atoms with van der Waals surface area (Å²) in [6, 6.07) is 0.776. The van der Waals surface area contributed by atoms with E-state index in [0.717, 1.165) is 34.1 Å². The standard InChI is InChI=1S/C64H103N23O16S2/c1-35-53(94)81-42(21-13-25-73-63(69)70)55(96)83-41(20-10-12-24-66)58(99)86-46(52(68)93)33-104-105-34-47(61(102)84-43(22-14-26-74-64(71)72)56(97)82-40(19-9-11-23-65)57(98)85-45(32-88)60(101)78-35)80-50(92)31-77-62(103)51(36(2)89)87-59(100)44(28-38-17-7-4-8-18-38)79-49(91)30-75-48(90)29-76-54(95)39(67)27-37-15-5-3-6-16-37/h3-8,15-18,35-36,39-47,51,88-89H,9-14,19-34,65-67H2,1-2H3,(H2,68,93)(H,75,90)(H,76,95)(H,77,103)(H,78,101)(H,79,91)(H,80,92)(H,81,94)(H,82,97)(H,83,96)(H,84,102)(H,85,98)(H,86,99)(H,87,100)(H4,69,70,73)(H4,71,72,74)/t35-,36+,39-,40-,41?,42-,43?,44-,45?,46-,47?,51-/m0/s1. The zero-order valence-electron chi connectivity index (χ0n) is 58.7. The number of guanidine groups is 2. The van der Waals surface area contributed by atoms with Gasteiger partial charge in [0, 0.05) is 31.0 Å². The van der Waals surface area contributed by atoms with Crippen LogP contribution in [0, 0.1) is 0 Å². The molecule has 1 fully saturated rings. The predicted octanol–water partition coefficient (Wildman–Crippen LogP) is -9.37. The molecule has 0 aliphatic carbocycles. The number of rotatable bonds is 35. The Morgan fingerprint density at radius 2 is 0.952 bits per heavy atom. The number of carbonyl (C=O) groups excluding carboxylic acids is 14. The molecule has 39 nitrogen and oxygen atoms in total. The Morgan fingerprint density at radius 1 is 0.514 bits per heavy atom. The third-order valence-electron chi connectivity index (χ3n) is 15.7. The van der Waals surface area contributed by atoms with Crippen LogP contribution in [-0.4, -0.2) is 241 Å². The average Bonchev–Trinajstić information content (AvgIpc) is 0.871. The highest BCUT2D eigenvalue weighted by molar-refractivity contribution is 8.76. The van der Waals surface area contributed by atoms with Crippen molar-refractivity contribution in [2.24, 2.45) is 55.9 Å². The lowest BCUT2D eigenvalue weighted by Crippen LogP contribution is -2.61. The van der Waals surface area contributed by atoms with Gasteiger partial charge >= 0.3 is 0 Å². The molecule has 3 rings (SSSR count). The molecule has 1 heterocycles. The number of hydrogen-bond donors (Lipinski definition) is 23. The molecule has 12 atom stereocenters. The van der Waals surface area contributed by atoms with Crippen LogP contribution in [0.1, 0.15) is 89.2 Å². The van der Waals surface area contributed by atoms with E-state index in [9.17, 15) is 77.3 Å². The van der Waals surface area contributed by atoms with E-state index < -0.39 is 187 Å². The van der Waals surface area contributed by atoms with E-state index in [-0.39, 0.29) is 108 Å².